The maximum Gasteiger partial charge on any atom is 0.258 e. The van der Waals surface area contributed by atoms with Gasteiger partial charge >= 0.3 is 0 Å². The van der Waals surface area contributed by atoms with Gasteiger partial charge in [-0.15, -0.1) is 0 Å². The number of imide groups is 1. The summed E-state index contributed by atoms with van der Waals surface area (Å²) in [5.74, 6) is -1.72. The number of carbonyl (C=O) groups excluding carboxylic acids is 3. The van der Waals surface area contributed by atoms with Gasteiger partial charge in [-0.05, 0) is 55.2 Å². The van der Waals surface area contributed by atoms with Crippen molar-refractivity contribution >= 4 is 23.5 Å². The molecule has 0 aliphatic carbocycles. The fourth-order valence-corrected chi connectivity index (χ4v) is 3.71. The number of nitrogens with zero attached hydrogens (tertiary/aromatic N) is 2. The first kappa shape index (κ1) is 18.1. The van der Waals surface area contributed by atoms with E-state index < -0.39 is 23.7 Å². The van der Waals surface area contributed by atoms with Crippen molar-refractivity contribution in [2.75, 3.05) is 5.73 Å². The Morgan fingerprint density at radius 1 is 1.21 bits per heavy atom. The van der Waals surface area contributed by atoms with E-state index in [0.717, 1.165) is 11.1 Å². The average molecular weight is 382 g/mol. The molecule has 0 saturated carbocycles. The van der Waals surface area contributed by atoms with Crippen molar-refractivity contribution in [3.05, 3.63) is 46.3 Å². The minimum atomic E-state index is -0.782. The van der Waals surface area contributed by atoms with Gasteiger partial charge in [0.1, 0.15) is 17.7 Å². The van der Waals surface area contributed by atoms with Gasteiger partial charge in [-0.25, -0.2) is 9.37 Å². The van der Waals surface area contributed by atoms with Crippen LogP contribution >= 0.6 is 0 Å². The molecule has 0 spiro atoms. The number of fused-ring (bicyclic) bond motifs is 1. The van der Waals surface area contributed by atoms with E-state index in [0.29, 0.717) is 22.6 Å². The van der Waals surface area contributed by atoms with E-state index in [1.807, 2.05) is 19.9 Å². The lowest BCUT2D eigenvalue weighted by Crippen LogP contribution is -2.52. The van der Waals surface area contributed by atoms with Gasteiger partial charge in [0.05, 0.1) is 11.3 Å². The van der Waals surface area contributed by atoms with Gasteiger partial charge in [0.25, 0.3) is 5.91 Å². The number of rotatable bonds is 2. The van der Waals surface area contributed by atoms with Gasteiger partial charge in [-0.2, -0.15) is 0 Å². The topological polar surface area (TPSA) is 105 Å². The predicted molar refractivity (Wildman–Crippen MR) is 99.6 cm³/mol. The highest BCUT2D eigenvalue weighted by Crippen LogP contribution is 2.33. The number of aryl methyl sites for hydroxylation is 1. The number of pyridine rings is 1. The third kappa shape index (κ3) is 2.81. The standard InChI is InChI=1S/C20H19FN4O3/c1-9-5-14(23-18(22)10(9)2)11-6-12-8-25(20(28)17(12)13(21)7-11)15-3-4-16(26)24-19(15)27/h5-7,15H,3-4,8H2,1-2H3,(H2,22,23)(H,24,26,27). The Morgan fingerprint density at radius 3 is 2.64 bits per heavy atom. The van der Waals surface area contributed by atoms with Crippen molar-refractivity contribution in [2.45, 2.75) is 39.3 Å². The van der Waals surface area contributed by atoms with E-state index >= 15 is 0 Å². The van der Waals surface area contributed by atoms with Crippen LogP contribution in [0.3, 0.4) is 0 Å². The highest BCUT2D eigenvalue weighted by molar-refractivity contribution is 6.05. The van der Waals surface area contributed by atoms with E-state index in [-0.39, 0.29) is 30.9 Å². The molecule has 2 aliphatic rings. The Labute approximate surface area is 160 Å². The van der Waals surface area contributed by atoms with E-state index in [9.17, 15) is 18.8 Å². The first-order valence-electron chi connectivity index (χ1n) is 8.97. The molecule has 4 rings (SSSR count). The predicted octanol–water partition coefficient (Wildman–Crippen LogP) is 1.85. The number of amides is 3. The Bertz CT molecular complexity index is 1030. The number of hydrogen-bond acceptors (Lipinski definition) is 5. The van der Waals surface area contributed by atoms with Crippen molar-refractivity contribution in [1.29, 1.82) is 0 Å². The number of halogens is 1. The summed E-state index contributed by atoms with van der Waals surface area (Å²) in [4.78, 5) is 41.9. The van der Waals surface area contributed by atoms with Crippen LogP contribution in [0.5, 0.6) is 0 Å². The monoisotopic (exact) mass is 382 g/mol. The quantitative estimate of drug-likeness (QED) is 0.771. The third-order valence-electron chi connectivity index (χ3n) is 5.44. The summed E-state index contributed by atoms with van der Waals surface area (Å²) in [7, 11) is 0. The number of nitrogens with one attached hydrogen (secondary N) is 1. The second kappa shape index (κ2) is 6.40. The van der Waals surface area contributed by atoms with Crippen LogP contribution in [0.1, 0.15) is 39.9 Å². The zero-order valence-corrected chi connectivity index (χ0v) is 15.5. The van der Waals surface area contributed by atoms with Crippen molar-refractivity contribution in [2.24, 2.45) is 0 Å². The second-order valence-electron chi connectivity index (χ2n) is 7.23. The number of aromatic nitrogens is 1. The number of nitrogen functional groups attached to an aromatic ring is 1. The SMILES string of the molecule is Cc1cc(-c2cc(F)c3c(c2)CN(C2CCC(=O)NC2=O)C3=O)nc(N)c1C. The largest absolute Gasteiger partial charge is 0.383 e. The molecule has 3 N–H and O–H groups in total. The van der Waals surface area contributed by atoms with Crippen LogP contribution in [0, 0.1) is 19.7 Å². The maximum absolute atomic E-state index is 14.8. The molecule has 3 amide bonds. The molecule has 1 atom stereocenters. The molecule has 28 heavy (non-hydrogen) atoms. The summed E-state index contributed by atoms with van der Waals surface area (Å²) >= 11 is 0. The van der Waals surface area contributed by atoms with Gasteiger partial charge < -0.3 is 10.6 Å². The summed E-state index contributed by atoms with van der Waals surface area (Å²) in [6, 6.07) is 4.01. The first-order chi connectivity index (χ1) is 13.3. The summed E-state index contributed by atoms with van der Waals surface area (Å²) in [6.07, 6.45) is 0.379. The lowest BCUT2D eigenvalue weighted by Gasteiger charge is -2.29. The van der Waals surface area contributed by atoms with Crippen LogP contribution in [-0.2, 0) is 16.1 Å². The molecule has 1 aromatic carbocycles. The molecule has 0 radical (unpaired) electrons. The van der Waals surface area contributed by atoms with Crippen LogP contribution in [0.4, 0.5) is 10.2 Å². The molecule has 144 valence electrons. The lowest BCUT2D eigenvalue weighted by atomic mass is 10.0. The Morgan fingerprint density at radius 2 is 1.96 bits per heavy atom. The summed E-state index contributed by atoms with van der Waals surface area (Å²) in [6.45, 7) is 3.86. The van der Waals surface area contributed by atoms with Crippen molar-refractivity contribution in [3.63, 3.8) is 0 Å². The van der Waals surface area contributed by atoms with Crippen molar-refractivity contribution in [3.8, 4) is 11.3 Å². The minimum absolute atomic E-state index is 0.0368. The number of nitrogens with two attached hydrogens (primary N) is 1. The molecule has 1 aromatic heterocycles. The van der Waals surface area contributed by atoms with Crippen LogP contribution in [0.25, 0.3) is 11.3 Å². The number of anilines is 1. The molecular formula is C20H19FN4O3. The smallest absolute Gasteiger partial charge is 0.258 e. The number of hydrogen-bond donors (Lipinski definition) is 2. The van der Waals surface area contributed by atoms with Crippen molar-refractivity contribution < 1.29 is 18.8 Å². The molecule has 0 bridgehead atoms. The molecule has 1 saturated heterocycles. The molecule has 8 heteroatoms. The fourth-order valence-electron chi connectivity index (χ4n) is 3.71. The van der Waals surface area contributed by atoms with Gasteiger partial charge in [0.2, 0.25) is 11.8 Å². The highest BCUT2D eigenvalue weighted by atomic mass is 19.1. The molecule has 3 heterocycles. The number of carbonyl (C=O) groups is 3. The van der Waals surface area contributed by atoms with Crippen LogP contribution in [0.15, 0.2) is 18.2 Å². The van der Waals surface area contributed by atoms with E-state index in [1.165, 1.54) is 11.0 Å². The third-order valence-corrected chi connectivity index (χ3v) is 5.44. The normalized spacial score (nSPS) is 19.0. The Balaban J connectivity index is 1.71. The van der Waals surface area contributed by atoms with Gasteiger partial charge in [-0.1, -0.05) is 0 Å². The van der Waals surface area contributed by atoms with E-state index in [1.54, 1.807) is 6.07 Å². The van der Waals surface area contributed by atoms with Crippen LogP contribution in [-0.4, -0.2) is 33.6 Å². The zero-order valence-electron chi connectivity index (χ0n) is 15.5. The lowest BCUT2D eigenvalue weighted by molar-refractivity contribution is -0.136. The number of piperidine rings is 1. The summed E-state index contributed by atoms with van der Waals surface area (Å²) < 4.78 is 14.8. The van der Waals surface area contributed by atoms with E-state index in [4.69, 9.17) is 5.73 Å². The van der Waals surface area contributed by atoms with Gasteiger partial charge in [-0.3, -0.25) is 19.7 Å². The average Bonchev–Trinajstić information content (AvgIpc) is 2.96. The molecule has 2 aromatic rings. The van der Waals surface area contributed by atoms with Gasteiger partial charge in [0, 0.05) is 18.5 Å². The number of benzene rings is 1. The first-order valence-corrected chi connectivity index (χ1v) is 8.97. The van der Waals surface area contributed by atoms with Crippen molar-refractivity contribution in [1.82, 2.24) is 15.2 Å². The highest BCUT2D eigenvalue weighted by Gasteiger charge is 2.40. The van der Waals surface area contributed by atoms with Crippen LogP contribution in [0.2, 0.25) is 0 Å². The summed E-state index contributed by atoms with van der Waals surface area (Å²) in [5.41, 5.74) is 9.23. The van der Waals surface area contributed by atoms with Crippen LogP contribution < -0.4 is 11.1 Å². The molecule has 1 unspecified atom stereocenters. The fraction of sp³-hybridized carbons (Fsp3) is 0.300. The Kier molecular flexibility index (Phi) is 4.14. The zero-order chi connectivity index (χ0) is 20.2. The molecule has 2 aliphatic heterocycles. The molecular weight excluding hydrogens is 363 g/mol. The molecule has 1 fully saturated rings. The maximum atomic E-state index is 14.8. The van der Waals surface area contributed by atoms with Gasteiger partial charge in [0.15, 0.2) is 0 Å². The minimum Gasteiger partial charge on any atom is -0.383 e. The van der Waals surface area contributed by atoms with E-state index in [2.05, 4.69) is 10.3 Å². The molecule has 7 nitrogen and oxygen atoms in total. The second-order valence-corrected chi connectivity index (χ2v) is 7.23. The summed E-state index contributed by atoms with van der Waals surface area (Å²) in [5, 5.41) is 2.23. The Hall–Kier alpha value is -3.29.